The lowest BCUT2D eigenvalue weighted by Crippen LogP contribution is -2.49. The SMILES string of the molecule is COCCC(=O)N1CCN(c2ccc3nnc(-c4ccsc4)n3n2)CC1. The maximum absolute atomic E-state index is 12.1. The number of ether oxygens (including phenoxy) is 1. The van der Waals surface area contributed by atoms with Gasteiger partial charge >= 0.3 is 0 Å². The standard InChI is InChI=1S/C17H20N6O2S/c1-25-10-4-16(24)22-8-6-21(7-9-22)15-3-2-14-18-19-17(23(14)20-15)13-5-11-26-12-13/h2-3,5,11-12H,4,6-10H2,1H3. The molecular weight excluding hydrogens is 352 g/mol. The monoisotopic (exact) mass is 372 g/mol. The Labute approximate surface area is 155 Å². The van der Waals surface area contributed by atoms with Crippen molar-refractivity contribution in [2.75, 3.05) is 44.8 Å². The van der Waals surface area contributed by atoms with E-state index in [2.05, 4.69) is 15.1 Å². The predicted octanol–water partition coefficient (Wildman–Crippen LogP) is 1.54. The molecule has 0 aliphatic carbocycles. The second kappa shape index (κ2) is 7.38. The van der Waals surface area contributed by atoms with Crippen molar-refractivity contribution in [3.63, 3.8) is 0 Å². The molecule has 4 rings (SSSR count). The molecule has 1 aliphatic heterocycles. The van der Waals surface area contributed by atoms with E-state index < -0.39 is 0 Å². The van der Waals surface area contributed by atoms with Crippen molar-refractivity contribution in [3.8, 4) is 11.4 Å². The first kappa shape index (κ1) is 16.9. The summed E-state index contributed by atoms with van der Waals surface area (Å²) < 4.78 is 6.77. The smallest absolute Gasteiger partial charge is 0.225 e. The number of fused-ring (bicyclic) bond motifs is 1. The highest BCUT2D eigenvalue weighted by molar-refractivity contribution is 7.08. The van der Waals surface area contributed by atoms with Gasteiger partial charge in [0, 0.05) is 44.2 Å². The Morgan fingerprint density at radius 1 is 1.19 bits per heavy atom. The Balaban J connectivity index is 1.50. The number of nitrogens with zero attached hydrogens (tertiary/aromatic N) is 6. The Morgan fingerprint density at radius 3 is 2.77 bits per heavy atom. The Hall–Kier alpha value is -2.52. The third-order valence-electron chi connectivity index (χ3n) is 4.50. The second-order valence-electron chi connectivity index (χ2n) is 6.11. The van der Waals surface area contributed by atoms with Crippen LogP contribution in [0.4, 0.5) is 5.82 Å². The van der Waals surface area contributed by atoms with Gasteiger partial charge in [-0.15, -0.1) is 15.3 Å². The number of piperazine rings is 1. The molecule has 1 amide bonds. The van der Waals surface area contributed by atoms with Gasteiger partial charge < -0.3 is 14.5 Å². The summed E-state index contributed by atoms with van der Waals surface area (Å²) in [6.07, 6.45) is 0.436. The van der Waals surface area contributed by atoms with Gasteiger partial charge in [-0.2, -0.15) is 15.9 Å². The molecule has 0 spiro atoms. The molecule has 0 unspecified atom stereocenters. The Morgan fingerprint density at radius 2 is 2.04 bits per heavy atom. The third-order valence-corrected chi connectivity index (χ3v) is 5.19. The molecule has 0 saturated carbocycles. The first-order chi connectivity index (χ1) is 12.8. The molecule has 9 heteroatoms. The number of carbonyl (C=O) groups is 1. The molecule has 1 saturated heterocycles. The van der Waals surface area contributed by atoms with Crippen molar-refractivity contribution in [1.29, 1.82) is 0 Å². The number of anilines is 1. The minimum Gasteiger partial charge on any atom is -0.384 e. The molecule has 0 radical (unpaired) electrons. The van der Waals surface area contributed by atoms with Gasteiger partial charge in [-0.25, -0.2) is 0 Å². The van der Waals surface area contributed by atoms with E-state index in [1.807, 2.05) is 33.9 Å². The van der Waals surface area contributed by atoms with E-state index in [0.29, 0.717) is 26.1 Å². The van der Waals surface area contributed by atoms with E-state index in [9.17, 15) is 4.79 Å². The average molecular weight is 372 g/mol. The van der Waals surface area contributed by atoms with Crippen LogP contribution in [0.1, 0.15) is 6.42 Å². The summed E-state index contributed by atoms with van der Waals surface area (Å²) in [4.78, 5) is 16.2. The highest BCUT2D eigenvalue weighted by Crippen LogP contribution is 2.22. The van der Waals surface area contributed by atoms with Crippen molar-refractivity contribution in [3.05, 3.63) is 29.0 Å². The lowest BCUT2D eigenvalue weighted by Gasteiger charge is -2.35. The zero-order valence-corrected chi connectivity index (χ0v) is 15.4. The number of amides is 1. The van der Waals surface area contributed by atoms with Crippen LogP contribution in [0.3, 0.4) is 0 Å². The van der Waals surface area contributed by atoms with Gasteiger partial charge in [0.25, 0.3) is 0 Å². The first-order valence-electron chi connectivity index (χ1n) is 8.53. The summed E-state index contributed by atoms with van der Waals surface area (Å²) in [7, 11) is 1.61. The molecule has 26 heavy (non-hydrogen) atoms. The van der Waals surface area contributed by atoms with Crippen LogP contribution in [0.15, 0.2) is 29.0 Å². The van der Waals surface area contributed by atoms with Crippen molar-refractivity contribution in [2.24, 2.45) is 0 Å². The van der Waals surface area contributed by atoms with E-state index >= 15 is 0 Å². The first-order valence-corrected chi connectivity index (χ1v) is 9.47. The number of thiophene rings is 1. The average Bonchev–Trinajstić information content (AvgIpc) is 3.35. The van der Waals surface area contributed by atoms with Crippen LogP contribution in [0.5, 0.6) is 0 Å². The zero-order valence-electron chi connectivity index (χ0n) is 14.5. The number of carbonyl (C=O) groups excluding carboxylic acids is 1. The highest BCUT2D eigenvalue weighted by Gasteiger charge is 2.22. The van der Waals surface area contributed by atoms with E-state index in [0.717, 1.165) is 35.9 Å². The van der Waals surface area contributed by atoms with Gasteiger partial charge in [-0.1, -0.05) is 0 Å². The molecular formula is C17H20N6O2S. The number of rotatable bonds is 5. The Bertz CT molecular complexity index is 886. The van der Waals surface area contributed by atoms with Crippen LogP contribution in [-0.2, 0) is 9.53 Å². The number of hydrogen-bond donors (Lipinski definition) is 0. The van der Waals surface area contributed by atoms with E-state index in [4.69, 9.17) is 9.84 Å². The summed E-state index contributed by atoms with van der Waals surface area (Å²) in [5.41, 5.74) is 1.74. The molecule has 136 valence electrons. The summed E-state index contributed by atoms with van der Waals surface area (Å²) in [5, 5.41) is 17.2. The highest BCUT2D eigenvalue weighted by atomic mass is 32.1. The summed E-state index contributed by atoms with van der Waals surface area (Å²) in [6.45, 7) is 3.38. The molecule has 1 fully saturated rings. The fourth-order valence-electron chi connectivity index (χ4n) is 3.05. The number of hydrogen-bond acceptors (Lipinski definition) is 7. The van der Waals surface area contributed by atoms with E-state index in [-0.39, 0.29) is 5.91 Å². The van der Waals surface area contributed by atoms with Crippen LogP contribution in [0.25, 0.3) is 17.0 Å². The second-order valence-corrected chi connectivity index (χ2v) is 6.89. The lowest BCUT2D eigenvalue weighted by atomic mass is 10.2. The molecule has 8 nitrogen and oxygen atoms in total. The topological polar surface area (TPSA) is 75.9 Å². The minimum atomic E-state index is 0.147. The van der Waals surface area contributed by atoms with Gasteiger partial charge in [0.15, 0.2) is 11.5 Å². The van der Waals surface area contributed by atoms with Gasteiger partial charge in [0.2, 0.25) is 5.91 Å². The third kappa shape index (κ3) is 3.27. The summed E-state index contributed by atoms with van der Waals surface area (Å²) in [6, 6.07) is 5.91. The maximum Gasteiger partial charge on any atom is 0.225 e. The quantitative estimate of drug-likeness (QED) is 0.676. The Kier molecular flexibility index (Phi) is 4.81. The molecule has 0 N–H and O–H groups in total. The van der Waals surface area contributed by atoms with Gasteiger partial charge in [-0.05, 0) is 23.6 Å². The van der Waals surface area contributed by atoms with Crippen LogP contribution in [0, 0.1) is 0 Å². The van der Waals surface area contributed by atoms with Crippen LogP contribution >= 0.6 is 11.3 Å². The molecule has 3 aromatic rings. The number of methoxy groups -OCH3 is 1. The fourth-order valence-corrected chi connectivity index (χ4v) is 3.69. The minimum absolute atomic E-state index is 0.147. The zero-order chi connectivity index (χ0) is 17.9. The van der Waals surface area contributed by atoms with Crippen molar-refractivity contribution >= 4 is 28.7 Å². The molecule has 0 bridgehead atoms. The largest absolute Gasteiger partial charge is 0.384 e. The van der Waals surface area contributed by atoms with E-state index in [1.54, 1.807) is 23.0 Å². The van der Waals surface area contributed by atoms with Crippen molar-refractivity contribution < 1.29 is 9.53 Å². The predicted molar refractivity (Wildman–Crippen MR) is 99.4 cm³/mol. The van der Waals surface area contributed by atoms with E-state index in [1.165, 1.54) is 0 Å². The molecule has 3 aromatic heterocycles. The van der Waals surface area contributed by atoms with Crippen molar-refractivity contribution in [1.82, 2.24) is 24.7 Å². The van der Waals surface area contributed by atoms with Crippen LogP contribution in [0.2, 0.25) is 0 Å². The number of aromatic nitrogens is 4. The molecule has 1 aliphatic rings. The van der Waals surface area contributed by atoms with Crippen LogP contribution < -0.4 is 4.90 Å². The van der Waals surface area contributed by atoms with Crippen LogP contribution in [-0.4, -0.2) is 70.5 Å². The molecule has 4 heterocycles. The molecule has 0 atom stereocenters. The van der Waals surface area contributed by atoms with Gasteiger partial charge in [0.1, 0.15) is 5.82 Å². The summed E-state index contributed by atoms with van der Waals surface area (Å²) >= 11 is 1.62. The van der Waals surface area contributed by atoms with Gasteiger partial charge in [-0.3, -0.25) is 4.79 Å². The summed E-state index contributed by atoms with van der Waals surface area (Å²) in [5.74, 6) is 1.77. The molecule has 0 aromatic carbocycles. The van der Waals surface area contributed by atoms with Gasteiger partial charge in [0.05, 0.1) is 13.0 Å². The lowest BCUT2D eigenvalue weighted by molar-refractivity contribution is -0.132. The maximum atomic E-state index is 12.1. The van der Waals surface area contributed by atoms with Crippen molar-refractivity contribution in [2.45, 2.75) is 6.42 Å². The fraction of sp³-hybridized carbons (Fsp3) is 0.412. The normalized spacial score (nSPS) is 15.0.